The van der Waals surface area contributed by atoms with Crippen molar-refractivity contribution in [2.75, 3.05) is 24.4 Å². The molecular weight excluding hydrogens is 1140 g/mol. The summed E-state index contributed by atoms with van der Waals surface area (Å²) in [6, 6.07) is 68.0. The second-order valence-electron chi connectivity index (χ2n) is 22.8. The van der Waals surface area contributed by atoms with Gasteiger partial charge in [0.15, 0.2) is 0 Å². The van der Waals surface area contributed by atoms with E-state index in [0.29, 0.717) is 22.4 Å². The SMILES string of the molecule is CSCC[C@H](NC(=O)[C@H](CC(=O)NC(c1ccccc1)(c1ccccc1)c1ccccc1)NC(=O)[C@@H](NC(=O)[C@@H](N)CSC(c1ccccc1)(c1ccccc1)c1ccccc1)[C@@H](C)OC(C)(C)C)C(=O)C(=O)OCC1c2ccccc2-c2ccccc21. The van der Waals surface area contributed by atoms with Crippen LogP contribution in [-0.2, 0) is 48.5 Å². The van der Waals surface area contributed by atoms with Crippen LogP contribution in [-0.4, -0.2) is 95.6 Å². The molecule has 0 heterocycles. The number of thioether (sulfide) groups is 2. The van der Waals surface area contributed by atoms with Gasteiger partial charge in [-0.3, -0.25) is 24.0 Å². The Balaban J connectivity index is 1.03. The van der Waals surface area contributed by atoms with Crippen molar-refractivity contribution in [1.29, 1.82) is 0 Å². The van der Waals surface area contributed by atoms with Gasteiger partial charge in [-0.15, -0.1) is 11.8 Å². The molecule has 0 unspecified atom stereocenters. The number of rotatable bonds is 27. The molecule has 0 radical (unpaired) electrons. The molecule has 0 saturated heterocycles. The molecule has 15 heteroatoms. The van der Waals surface area contributed by atoms with Crippen LogP contribution in [0.5, 0.6) is 0 Å². The fourth-order valence-electron chi connectivity index (χ4n) is 11.6. The van der Waals surface area contributed by atoms with Crippen LogP contribution < -0.4 is 27.0 Å². The summed E-state index contributed by atoms with van der Waals surface area (Å²) in [5.74, 6) is -5.24. The Morgan fingerprint density at radius 1 is 0.523 bits per heavy atom. The zero-order valence-corrected chi connectivity index (χ0v) is 51.7. The second-order valence-corrected chi connectivity index (χ2v) is 25.0. The molecule has 1 aliphatic rings. The van der Waals surface area contributed by atoms with Gasteiger partial charge in [0.1, 0.15) is 30.3 Å². The quantitative estimate of drug-likeness (QED) is 0.0187. The lowest BCUT2D eigenvalue weighted by Crippen LogP contribution is -2.61. The molecule has 1 aliphatic carbocycles. The highest BCUT2D eigenvalue weighted by Crippen LogP contribution is 2.49. The minimum absolute atomic E-state index is 0.00702. The van der Waals surface area contributed by atoms with Crippen molar-refractivity contribution in [2.45, 2.75) is 92.6 Å². The van der Waals surface area contributed by atoms with E-state index in [0.717, 1.165) is 38.9 Å². The molecule has 0 aromatic heterocycles. The lowest BCUT2D eigenvalue weighted by molar-refractivity contribution is -0.155. The molecular formula is C73H75N5O8S2. The highest BCUT2D eigenvalue weighted by molar-refractivity contribution is 8.00. The van der Waals surface area contributed by atoms with Crippen molar-refractivity contribution in [2.24, 2.45) is 5.73 Å². The van der Waals surface area contributed by atoms with Gasteiger partial charge >= 0.3 is 5.97 Å². The maximum atomic E-state index is 15.3. The number of esters is 1. The van der Waals surface area contributed by atoms with Crippen molar-refractivity contribution in [3.05, 3.63) is 275 Å². The number of nitrogens with one attached hydrogen (secondary N) is 4. The maximum absolute atomic E-state index is 15.3. The smallest absolute Gasteiger partial charge is 0.376 e. The van der Waals surface area contributed by atoms with Crippen molar-refractivity contribution in [3.8, 4) is 11.1 Å². The third-order valence-electron chi connectivity index (χ3n) is 15.7. The summed E-state index contributed by atoms with van der Waals surface area (Å²) in [5.41, 5.74) is 13.7. The zero-order valence-electron chi connectivity index (χ0n) is 50.1. The minimum Gasteiger partial charge on any atom is -0.459 e. The molecule has 5 atom stereocenters. The second kappa shape index (κ2) is 29.4. The van der Waals surface area contributed by atoms with Gasteiger partial charge in [0.25, 0.3) is 5.78 Å². The third-order valence-corrected chi connectivity index (χ3v) is 18.0. The topological polar surface area (TPSA) is 195 Å². The Labute approximate surface area is 524 Å². The summed E-state index contributed by atoms with van der Waals surface area (Å²) in [6.07, 6.45) is 0.123. The molecule has 6 N–H and O–H groups in total. The van der Waals surface area contributed by atoms with E-state index in [1.807, 2.05) is 237 Å². The number of ketones is 1. The van der Waals surface area contributed by atoms with Crippen molar-refractivity contribution in [1.82, 2.24) is 21.3 Å². The maximum Gasteiger partial charge on any atom is 0.376 e. The van der Waals surface area contributed by atoms with Gasteiger partial charge in [-0.25, -0.2) is 4.79 Å². The number of hydrogen-bond acceptors (Lipinski definition) is 11. The van der Waals surface area contributed by atoms with Crippen LogP contribution in [0.3, 0.4) is 0 Å². The van der Waals surface area contributed by atoms with Crippen LogP contribution in [0.2, 0.25) is 0 Å². The van der Waals surface area contributed by atoms with E-state index < -0.39 is 88.0 Å². The summed E-state index contributed by atoms with van der Waals surface area (Å²) in [4.78, 5) is 89.1. The van der Waals surface area contributed by atoms with Gasteiger partial charge in [0.05, 0.1) is 28.9 Å². The van der Waals surface area contributed by atoms with Gasteiger partial charge in [0.2, 0.25) is 23.6 Å². The van der Waals surface area contributed by atoms with E-state index in [2.05, 4.69) is 21.3 Å². The molecule has 0 aliphatic heterocycles. The molecule has 8 aromatic rings. The number of Topliss-reactive ketones (excluding diaryl/α,β-unsaturated/α-hetero) is 1. The van der Waals surface area contributed by atoms with E-state index in [4.69, 9.17) is 15.2 Å². The fourth-order valence-corrected chi connectivity index (χ4v) is 13.6. The van der Waals surface area contributed by atoms with Gasteiger partial charge in [-0.05, 0) is 102 Å². The van der Waals surface area contributed by atoms with E-state index in [1.54, 1.807) is 27.7 Å². The van der Waals surface area contributed by atoms with Crippen molar-refractivity contribution < 1.29 is 38.2 Å². The normalized spacial score (nSPS) is 13.9. The monoisotopic (exact) mass is 1210 g/mol. The number of nitrogens with two attached hydrogens (primary N) is 1. The van der Waals surface area contributed by atoms with Gasteiger partial charge in [-0.1, -0.05) is 231 Å². The standard InChI is InChI=1S/C73H75N5O8S2/c1-49(86-71(2,3)4)65(77-67(81)61(74)48-88-73(53-34-18-9-19-35-53,54-36-20-10-21-37-54)55-38-22-11-23-39-55)69(83)76-63(46-64(79)78-72(50-28-12-6-13-29-50,51-30-14-7-15-31-51)52-32-16-8-17-33-52)68(82)75-62(44-45-87-5)66(80)70(84)85-47-60-58-42-26-24-40-56(58)57-41-25-27-43-59(57)60/h6-43,49,60-63,65H,44-48,74H2,1-5H3,(H,75,82)(H,76,83)(H,77,81)(H,78,79)/t49-,61+,62+,63+,65+/m1/s1. The molecule has 88 heavy (non-hydrogen) atoms. The van der Waals surface area contributed by atoms with Crippen LogP contribution in [0.25, 0.3) is 11.1 Å². The van der Waals surface area contributed by atoms with Gasteiger partial charge < -0.3 is 36.5 Å². The van der Waals surface area contributed by atoms with Crippen LogP contribution in [0.15, 0.2) is 231 Å². The van der Waals surface area contributed by atoms with Crippen LogP contribution in [0.1, 0.15) is 91.0 Å². The minimum atomic E-state index is -1.71. The highest BCUT2D eigenvalue weighted by atomic mass is 32.2. The highest BCUT2D eigenvalue weighted by Gasteiger charge is 2.43. The first kappa shape index (κ1) is 63.9. The third kappa shape index (κ3) is 14.9. The van der Waals surface area contributed by atoms with E-state index >= 15 is 14.4 Å². The lowest BCUT2D eigenvalue weighted by atomic mass is 9.77. The van der Waals surface area contributed by atoms with E-state index in [9.17, 15) is 14.4 Å². The molecule has 4 amide bonds. The number of benzene rings is 8. The Kier molecular flexibility index (Phi) is 21.3. The van der Waals surface area contributed by atoms with Crippen LogP contribution in [0.4, 0.5) is 0 Å². The number of carbonyl (C=O) groups is 6. The Bertz CT molecular complexity index is 3410. The molecule has 452 valence electrons. The average Bonchev–Trinajstić information content (AvgIpc) is 2.80. The predicted molar refractivity (Wildman–Crippen MR) is 350 cm³/mol. The first-order valence-corrected chi connectivity index (χ1v) is 31.9. The molecule has 8 aromatic carbocycles. The van der Waals surface area contributed by atoms with E-state index in [-0.39, 0.29) is 24.7 Å². The number of hydrogen-bond donors (Lipinski definition) is 5. The number of fused-ring (bicyclic) bond motifs is 3. The molecule has 0 spiro atoms. The Morgan fingerprint density at radius 2 is 0.932 bits per heavy atom. The number of carbonyl (C=O) groups excluding carboxylic acids is 6. The van der Waals surface area contributed by atoms with Crippen LogP contribution >= 0.6 is 23.5 Å². The summed E-state index contributed by atoms with van der Waals surface area (Å²) in [7, 11) is 0. The number of ether oxygens (including phenoxy) is 2. The summed E-state index contributed by atoms with van der Waals surface area (Å²) < 4.78 is 11.4. The molecule has 0 saturated carbocycles. The first-order chi connectivity index (χ1) is 42.5. The Morgan fingerprint density at radius 3 is 1.36 bits per heavy atom. The van der Waals surface area contributed by atoms with Gasteiger partial charge in [0, 0.05) is 11.7 Å². The zero-order chi connectivity index (χ0) is 62.3. The molecule has 9 rings (SSSR count). The van der Waals surface area contributed by atoms with Crippen molar-refractivity contribution >= 4 is 58.9 Å². The fraction of sp³-hybridized carbons (Fsp3) is 0.260. The van der Waals surface area contributed by atoms with Crippen molar-refractivity contribution in [3.63, 3.8) is 0 Å². The summed E-state index contributed by atoms with van der Waals surface area (Å²) in [6.45, 7) is 6.91. The molecule has 0 bridgehead atoms. The van der Waals surface area contributed by atoms with Crippen LogP contribution in [0, 0.1) is 0 Å². The summed E-state index contributed by atoms with van der Waals surface area (Å²) in [5, 5.41) is 11.7. The molecule has 13 nitrogen and oxygen atoms in total. The van der Waals surface area contributed by atoms with Gasteiger partial charge in [-0.2, -0.15) is 11.8 Å². The average molecular weight is 1210 g/mol. The first-order valence-electron chi connectivity index (χ1n) is 29.5. The summed E-state index contributed by atoms with van der Waals surface area (Å²) >= 11 is 2.88. The van der Waals surface area contributed by atoms with E-state index in [1.165, 1.54) is 23.5 Å². The molecule has 0 fully saturated rings. The largest absolute Gasteiger partial charge is 0.459 e. The Hall–Kier alpha value is -8.60. The number of amides is 4. The lowest BCUT2D eigenvalue weighted by Gasteiger charge is -2.37. The predicted octanol–water partition coefficient (Wildman–Crippen LogP) is 10.9.